The Labute approximate surface area is 114 Å². The van der Waals surface area contributed by atoms with Crippen LogP contribution in [-0.4, -0.2) is 23.1 Å². The van der Waals surface area contributed by atoms with Crippen molar-refractivity contribution in [2.45, 2.75) is 13.3 Å². The highest BCUT2D eigenvalue weighted by molar-refractivity contribution is 9.11. The summed E-state index contributed by atoms with van der Waals surface area (Å²) in [5.74, 6) is 1.14. The van der Waals surface area contributed by atoms with E-state index in [0.717, 1.165) is 28.3 Å². The highest BCUT2D eigenvalue weighted by atomic mass is 79.9. The van der Waals surface area contributed by atoms with E-state index in [9.17, 15) is 0 Å². The van der Waals surface area contributed by atoms with Gasteiger partial charge >= 0.3 is 0 Å². The van der Waals surface area contributed by atoms with Crippen molar-refractivity contribution in [3.63, 3.8) is 0 Å². The summed E-state index contributed by atoms with van der Waals surface area (Å²) in [6.07, 6.45) is 0.959. The van der Waals surface area contributed by atoms with Crippen LogP contribution in [0.2, 0.25) is 0 Å². The minimum absolute atomic E-state index is 0.956. The van der Waals surface area contributed by atoms with Gasteiger partial charge in [-0.2, -0.15) is 0 Å². The molecule has 0 amide bonds. The van der Waals surface area contributed by atoms with Crippen LogP contribution in [0.25, 0.3) is 10.6 Å². The van der Waals surface area contributed by atoms with Crippen molar-refractivity contribution in [2.24, 2.45) is 7.05 Å². The summed E-state index contributed by atoms with van der Waals surface area (Å²) in [6.45, 7) is 3.08. The first-order chi connectivity index (χ1) is 8.13. The van der Waals surface area contributed by atoms with Crippen molar-refractivity contribution in [2.75, 3.05) is 13.6 Å². The predicted molar refractivity (Wildman–Crippen MR) is 76.6 cm³/mol. The van der Waals surface area contributed by atoms with Gasteiger partial charge in [0, 0.05) is 25.7 Å². The van der Waals surface area contributed by atoms with Crippen molar-refractivity contribution in [1.82, 2.24) is 14.9 Å². The largest absolute Gasteiger partial charge is 0.335 e. The lowest BCUT2D eigenvalue weighted by molar-refractivity contribution is 0.710. The zero-order chi connectivity index (χ0) is 12.4. The SMILES string of the molecule is CNCCc1nc(-c2ccc(Br)s2)c(C)n1C. The Morgan fingerprint density at radius 3 is 2.82 bits per heavy atom. The Morgan fingerprint density at radius 1 is 1.47 bits per heavy atom. The number of nitrogens with zero attached hydrogens (tertiary/aromatic N) is 2. The van der Waals surface area contributed by atoms with Gasteiger partial charge in [0.25, 0.3) is 0 Å². The molecule has 0 fully saturated rings. The maximum Gasteiger partial charge on any atom is 0.110 e. The quantitative estimate of drug-likeness (QED) is 0.940. The number of rotatable bonds is 4. The van der Waals surface area contributed by atoms with E-state index in [0.29, 0.717) is 0 Å². The topological polar surface area (TPSA) is 29.9 Å². The van der Waals surface area contributed by atoms with Crippen molar-refractivity contribution < 1.29 is 0 Å². The first kappa shape index (κ1) is 12.8. The van der Waals surface area contributed by atoms with Gasteiger partial charge in [-0.15, -0.1) is 11.3 Å². The number of imidazole rings is 1. The highest BCUT2D eigenvalue weighted by Gasteiger charge is 2.13. The van der Waals surface area contributed by atoms with Crippen LogP contribution in [0.3, 0.4) is 0 Å². The molecule has 0 spiro atoms. The van der Waals surface area contributed by atoms with E-state index < -0.39 is 0 Å². The normalized spacial score (nSPS) is 11.1. The van der Waals surface area contributed by atoms with Crippen LogP contribution in [0, 0.1) is 6.92 Å². The van der Waals surface area contributed by atoms with Gasteiger partial charge in [0.1, 0.15) is 11.5 Å². The van der Waals surface area contributed by atoms with Gasteiger partial charge in [0.15, 0.2) is 0 Å². The first-order valence-corrected chi connectivity index (χ1v) is 7.17. The van der Waals surface area contributed by atoms with Crippen LogP contribution in [0.4, 0.5) is 0 Å². The summed E-state index contributed by atoms with van der Waals surface area (Å²) in [7, 11) is 4.05. The molecule has 2 aromatic heterocycles. The molecule has 0 saturated heterocycles. The summed E-state index contributed by atoms with van der Waals surface area (Å²) in [6, 6.07) is 4.19. The lowest BCUT2D eigenvalue weighted by Crippen LogP contribution is -2.13. The van der Waals surface area contributed by atoms with Gasteiger partial charge < -0.3 is 9.88 Å². The molecule has 2 aromatic rings. The fourth-order valence-electron chi connectivity index (χ4n) is 1.77. The smallest absolute Gasteiger partial charge is 0.110 e. The fourth-order valence-corrected chi connectivity index (χ4v) is 3.20. The third-order valence-corrected chi connectivity index (χ3v) is 4.51. The molecule has 0 unspecified atom stereocenters. The number of hydrogen-bond acceptors (Lipinski definition) is 3. The van der Waals surface area contributed by atoms with E-state index in [1.165, 1.54) is 10.6 Å². The Bertz CT molecular complexity index is 516. The molecule has 3 nitrogen and oxygen atoms in total. The third-order valence-electron chi connectivity index (χ3n) is 2.88. The highest BCUT2D eigenvalue weighted by Crippen LogP contribution is 2.32. The van der Waals surface area contributed by atoms with Gasteiger partial charge in [-0.25, -0.2) is 4.98 Å². The summed E-state index contributed by atoms with van der Waals surface area (Å²) < 4.78 is 3.33. The average Bonchev–Trinajstić information content (AvgIpc) is 2.84. The van der Waals surface area contributed by atoms with Crippen molar-refractivity contribution >= 4 is 27.3 Å². The number of aromatic nitrogens is 2. The molecule has 0 atom stereocenters. The van der Waals surface area contributed by atoms with Crippen LogP contribution in [0.5, 0.6) is 0 Å². The monoisotopic (exact) mass is 313 g/mol. The van der Waals surface area contributed by atoms with Crippen molar-refractivity contribution in [3.8, 4) is 10.6 Å². The minimum atomic E-state index is 0.956. The molecular weight excluding hydrogens is 298 g/mol. The van der Waals surface area contributed by atoms with E-state index in [1.54, 1.807) is 11.3 Å². The molecule has 0 aliphatic carbocycles. The van der Waals surface area contributed by atoms with Gasteiger partial charge in [-0.1, -0.05) is 0 Å². The van der Waals surface area contributed by atoms with Crippen LogP contribution in [-0.2, 0) is 13.5 Å². The molecule has 0 aliphatic heterocycles. The first-order valence-electron chi connectivity index (χ1n) is 5.56. The number of hydrogen-bond donors (Lipinski definition) is 1. The second-order valence-corrected chi connectivity index (χ2v) is 6.44. The molecule has 2 heterocycles. The van der Waals surface area contributed by atoms with Crippen LogP contribution >= 0.6 is 27.3 Å². The second-order valence-electron chi connectivity index (χ2n) is 3.98. The Hall–Kier alpha value is -0.650. The molecule has 0 saturated carbocycles. The molecule has 1 N–H and O–H groups in total. The Kier molecular flexibility index (Phi) is 4.01. The van der Waals surface area contributed by atoms with Gasteiger partial charge in [-0.05, 0) is 42.0 Å². The van der Waals surface area contributed by atoms with E-state index in [2.05, 4.69) is 51.9 Å². The van der Waals surface area contributed by atoms with Gasteiger partial charge in [0.05, 0.1) is 8.66 Å². The summed E-state index contributed by atoms with van der Waals surface area (Å²) in [5, 5.41) is 3.16. The summed E-state index contributed by atoms with van der Waals surface area (Å²) in [4.78, 5) is 5.97. The maximum absolute atomic E-state index is 4.74. The molecule has 0 aliphatic rings. The van der Waals surface area contributed by atoms with Gasteiger partial charge in [-0.3, -0.25) is 0 Å². The molecule has 5 heteroatoms. The Morgan fingerprint density at radius 2 is 2.24 bits per heavy atom. The van der Waals surface area contributed by atoms with Gasteiger partial charge in [0.2, 0.25) is 0 Å². The zero-order valence-electron chi connectivity index (χ0n) is 10.2. The molecular formula is C12H16BrN3S. The number of thiophene rings is 1. The average molecular weight is 314 g/mol. The van der Waals surface area contributed by atoms with E-state index in [4.69, 9.17) is 4.98 Å². The lowest BCUT2D eigenvalue weighted by Gasteiger charge is -2.01. The molecule has 0 radical (unpaired) electrons. The molecule has 2 rings (SSSR count). The standard InChI is InChI=1S/C12H16BrN3S/c1-8-12(9-4-5-10(13)17-9)15-11(16(8)3)6-7-14-2/h4-5,14H,6-7H2,1-3H3. The fraction of sp³-hybridized carbons (Fsp3) is 0.417. The predicted octanol–water partition coefficient (Wildman–Crippen LogP) is 2.98. The summed E-state index contributed by atoms with van der Waals surface area (Å²) in [5.41, 5.74) is 2.33. The third kappa shape index (κ3) is 2.61. The maximum atomic E-state index is 4.74. The van der Waals surface area contributed by atoms with Crippen LogP contribution < -0.4 is 5.32 Å². The van der Waals surface area contributed by atoms with E-state index in [1.807, 2.05) is 7.05 Å². The van der Waals surface area contributed by atoms with Crippen LogP contribution in [0.1, 0.15) is 11.5 Å². The number of nitrogens with one attached hydrogen (secondary N) is 1. The molecule has 92 valence electrons. The van der Waals surface area contributed by atoms with E-state index >= 15 is 0 Å². The summed E-state index contributed by atoms with van der Waals surface area (Å²) >= 11 is 5.22. The Balaban J connectivity index is 2.35. The molecule has 17 heavy (non-hydrogen) atoms. The van der Waals surface area contributed by atoms with E-state index in [-0.39, 0.29) is 0 Å². The number of halogens is 1. The molecule has 0 bridgehead atoms. The second kappa shape index (κ2) is 5.33. The van der Waals surface area contributed by atoms with Crippen molar-refractivity contribution in [1.29, 1.82) is 0 Å². The minimum Gasteiger partial charge on any atom is -0.335 e. The van der Waals surface area contributed by atoms with Crippen LogP contribution in [0.15, 0.2) is 15.9 Å². The number of likely N-dealkylation sites (N-methyl/N-ethyl adjacent to an activating group) is 1. The zero-order valence-corrected chi connectivity index (χ0v) is 12.7. The van der Waals surface area contributed by atoms with Crippen molar-refractivity contribution in [3.05, 3.63) is 27.4 Å². The molecule has 0 aromatic carbocycles. The lowest BCUT2D eigenvalue weighted by atomic mass is 10.3.